The Labute approximate surface area is 119 Å². The van der Waals surface area contributed by atoms with E-state index in [1.165, 1.54) is 12.1 Å². The lowest BCUT2D eigenvalue weighted by atomic mass is 10.3. The summed E-state index contributed by atoms with van der Waals surface area (Å²) in [6.07, 6.45) is 3.82. The van der Waals surface area contributed by atoms with Crippen LogP contribution in [-0.4, -0.2) is 24.9 Å². The molecule has 1 aromatic heterocycles. The Balaban J connectivity index is 2.03. The Bertz CT molecular complexity index is 655. The summed E-state index contributed by atoms with van der Waals surface area (Å²) >= 11 is 3.22. The van der Waals surface area contributed by atoms with E-state index < -0.39 is 10.0 Å². The minimum atomic E-state index is -3.55. The molecule has 0 aliphatic heterocycles. The summed E-state index contributed by atoms with van der Waals surface area (Å²) in [5.41, 5.74) is 6.05. The molecule has 0 radical (unpaired) electrons. The van der Waals surface area contributed by atoms with Gasteiger partial charge in [0.05, 0.1) is 4.90 Å². The molecule has 0 spiro atoms. The van der Waals surface area contributed by atoms with Crippen molar-refractivity contribution < 1.29 is 8.42 Å². The maximum atomic E-state index is 12.0. The van der Waals surface area contributed by atoms with Gasteiger partial charge in [0, 0.05) is 35.5 Å². The van der Waals surface area contributed by atoms with Crippen molar-refractivity contribution >= 4 is 31.6 Å². The summed E-state index contributed by atoms with van der Waals surface area (Å²) in [6, 6.07) is 4.52. The fraction of sp³-hybridized carbons (Fsp3) is 0.182. The number of aromatic nitrogens is 2. The van der Waals surface area contributed by atoms with Gasteiger partial charge >= 0.3 is 0 Å². The Morgan fingerprint density at radius 2 is 2.21 bits per heavy atom. The van der Waals surface area contributed by atoms with E-state index >= 15 is 0 Å². The van der Waals surface area contributed by atoms with E-state index in [0.717, 1.165) is 5.82 Å². The number of sulfonamides is 1. The highest BCUT2D eigenvalue weighted by atomic mass is 79.9. The Morgan fingerprint density at radius 1 is 1.42 bits per heavy atom. The third-order valence-corrected chi connectivity index (χ3v) is 4.67. The topological polar surface area (TPSA) is 101 Å². The molecule has 1 heterocycles. The van der Waals surface area contributed by atoms with Crippen LogP contribution >= 0.6 is 15.9 Å². The highest BCUT2D eigenvalue weighted by Gasteiger charge is 2.14. The smallest absolute Gasteiger partial charge is 0.240 e. The molecule has 0 unspecified atom stereocenters. The fourth-order valence-electron chi connectivity index (χ4n) is 1.51. The van der Waals surface area contributed by atoms with Crippen LogP contribution in [0.25, 0.3) is 0 Å². The number of benzene rings is 1. The number of nitrogens with two attached hydrogens (primary N) is 1. The first-order valence-corrected chi connectivity index (χ1v) is 7.79. The van der Waals surface area contributed by atoms with Gasteiger partial charge in [-0.1, -0.05) is 0 Å². The molecule has 0 aliphatic rings. The van der Waals surface area contributed by atoms with Gasteiger partial charge in [0.1, 0.15) is 5.82 Å². The number of nitrogen functional groups attached to an aromatic ring is 1. The number of anilines is 1. The third kappa shape index (κ3) is 3.55. The molecule has 2 rings (SSSR count). The number of rotatable bonds is 5. The molecule has 4 N–H and O–H groups in total. The second-order valence-electron chi connectivity index (χ2n) is 3.87. The molecule has 0 amide bonds. The van der Waals surface area contributed by atoms with Crippen molar-refractivity contribution in [3.05, 3.63) is 40.9 Å². The molecular weight excluding hydrogens is 332 g/mol. The highest BCUT2D eigenvalue weighted by molar-refractivity contribution is 9.10. The van der Waals surface area contributed by atoms with Crippen molar-refractivity contribution in [2.45, 2.75) is 11.3 Å². The zero-order valence-corrected chi connectivity index (χ0v) is 12.3. The summed E-state index contributed by atoms with van der Waals surface area (Å²) < 4.78 is 27.2. The number of aromatic amines is 1. The van der Waals surface area contributed by atoms with E-state index in [2.05, 4.69) is 30.6 Å². The molecule has 102 valence electrons. The standard InChI is InChI=1S/C11H13BrN4O2S/c12-9-2-1-8(7-10(9)13)19(17,18)16-4-3-11-14-5-6-15-11/h1-2,5-7,16H,3-4,13H2,(H,14,15). The average molecular weight is 345 g/mol. The van der Waals surface area contributed by atoms with Gasteiger partial charge in [0.25, 0.3) is 0 Å². The second kappa shape index (κ2) is 5.72. The van der Waals surface area contributed by atoms with Crippen LogP contribution in [0, 0.1) is 0 Å². The monoisotopic (exact) mass is 344 g/mol. The second-order valence-corrected chi connectivity index (χ2v) is 6.49. The van der Waals surface area contributed by atoms with Gasteiger partial charge in [-0.15, -0.1) is 0 Å². The summed E-state index contributed by atoms with van der Waals surface area (Å²) in [5.74, 6) is 0.734. The molecule has 6 nitrogen and oxygen atoms in total. The van der Waals surface area contributed by atoms with Crippen LogP contribution in [0.4, 0.5) is 5.69 Å². The predicted octanol–water partition coefficient (Wildman–Crippen LogP) is 1.28. The Kier molecular flexibility index (Phi) is 4.23. The molecule has 0 saturated heterocycles. The van der Waals surface area contributed by atoms with Gasteiger partial charge < -0.3 is 10.7 Å². The number of nitrogens with one attached hydrogen (secondary N) is 2. The van der Waals surface area contributed by atoms with Crippen molar-refractivity contribution in [3.8, 4) is 0 Å². The van der Waals surface area contributed by atoms with E-state index in [0.29, 0.717) is 16.6 Å². The summed E-state index contributed by atoms with van der Waals surface area (Å²) in [6.45, 7) is 0.270. The number of hydrogen-bond donors (Lipinski definition) is 3. The first-order valence-electron chi connectivity index (χ1n) is 5.52. The SMILES string of the molecule is Nc1cc(S(=O)(=O)NCCc2ncc[nH]2)ccc1Br. The fourth-order valence-corrected chi connectivity index (χ4v) is 2.82. The van der Waals surface area contributed by atoms with E-state index in [9.17, 15) is 8.42 Å². The normalized spacial score (nSPS) is 11.6. The number of halogens is 1. The van der Waals surface area contributed by atoms with Crippen LogP contribution in [0.1, 0.15) is 5.82 Å². The average Bonchev–Trinajstić information content (AvgIpc) is 2.85. The van der Waals surface area contributed by atoms with Gasteiger partial charge in [-0.2, -0.15) is 0 Å². The van der Waals surface area contributed by atoms with Gasteiger partial charge in [0.2, 0.25) is 10.0 Å². The van der Waals surface area contributed by atoms with Gasteiger partial charge in [0.15, 0.2) is 0 Å². The zero-order valence-electron chi connectivity index (χ0n) is 9.93. The molecular formula is C11H13BrN4O2S. The summed E-state index contributed by atoms with van der Waals surface area (Å²) in [4.78, 5) is 7.07. The highest BCUT2D eigenvalue weighted by Crippen LogP contribution is 2.22. The zero-order chi connectivity index (χ0) is 13.9. The molecule has 0 aliphatic carbocycles. The lowest BCUT2D eigenvalue weighted by Crippen LogP contribution is -2.26. The number of nitrogens with zero attached hydrogens (tertiary/aromatic N) is 1. The Morgan fingerprint density at radius 3 is 2.84 bits per heavy atom. The molecule has 0 atom stereocenters. The van der Waals surface area contributed by atoms with Crippen molar-refractivity contribution in [3.63, 3.8) is 0 Å². The van der Waals surface area contributed by atoms with Gasteiger partial charge in [-0.25, -0.2) is 18.1 Å². The lowest BCUT2D eigenvalue weighted by Gasteiger charge is -2.07. The molecule has 0 saturated carbocycles. The van der Waals surface area contributed by atoms with Crippen LogP contribution in [0.2, 0.25) is 0 Å². The van der Waals surface area contributed by atoms with E-state index in [4.69, 9.17) is 5.73 Å². The van der Waals surface area contributed by atoms with E-state index in [-0.39, 0.29) is 11.4 Å². The molecule has 2 aromatic rings. The molecule has 8 heteroatoms. The molecule has 19 heavy (non-hydrogen) atoms. The van der Waals surface area contributed by atoms with Crippen LogP contribution in [0.15, 0.2) is 40.0 Å². The van der Waals surface area contributed by atoms with Crippen LogP contribution in [-0.2, 0) is 16.4 Å². The van der Waals surface area contributed by atoms with E-state index in [1.54, 1.807) is 18.5 Å². The number of imidazole rings is 1. The first kappa shape index (κ1) is 14.0. The number of hydrogen-bond acceptors (Lipinski definition) is 4. The maximum Gasteiger partial charge on any atom is 0.240 e. The lowest BCUT2D eigenvalue weighted by molar-refractivity contribution is 0.581. The van der Waals surface area contributed by atoms with Gasteiger partial charge in [-0.05, 0) is 34.1 Å². The van der Waals surface area contributed by atoms with Crippen molar-refractivity contribution in [1.82, 2.24) is 14.7 Å². The first-order chi connectivity index (χ1) is 8.99. The van der Waals surface area contributed by atoms with Crippen molar-refractivity contribution in [2.75, 3.05) is 12.3 Å². The third-order valence-electron chi connectivity index (χ3n) is 2.49. The molecule has 1 aromatic carbocycles. The predicted molar refractivity (Wildman–Crippen MR) is 76.0 cm³/mol. The summed E-state index contributed by atoms with van der Waals surface area (Å²) in [7, 11) is -3.55. The van der Waals surface area contributed by atoms with Gasteiger partial charge in [-0.3, -0.25) is 0 Å². The van der Waals surface area contributed by atoms with Crippen molar-refractivity contribution in [2.24, 2.45) is 0 Å². The minimum absolute atomic E-state index is 0.146. The Hall–Kier alpha value is -1.38. The largest absolute Gasteiger partial charge is 0.398 e. The van der Waals surface area contributed by atoms with Crippen molar-refractivity contribution in [1.29, 1.82) is 0 Å². The molecule has 0 bridgehead atoms. The van der Waals surface area contributed by atoms with E-state index in [1.807, 2.05) is 0 Å². The number of H-pyrrole nitrogens is 1. The van der Waals surface area contributed by atoms with Crippen LogP contribution in [0.5, 0.6) is 0 Å². The van der Waals surface area contributed by atoms with Crippen LogP contribution in [0.3, 0.4) is 0 Å². The van der Waals surface area contributed by atoms with Crippen LogP contribution < -0.4 is 10.5 Å². The minimum Gasteiger partial charge on any atom is -0.398 e. The molecule has 0 fully saturated rings. The summed E-state index contributed by atoms with van der Waals surface area (Å²) in [5, 5.41) is 0. The quantitative estimate of drug-likeness (QED) is 0.711. The maximum absolute atomic E-state index is 12.0.